The Hall–Kier alpha value is -1.20. The lowest BCUT2D eigenvalue weighted by atomic mass is 10.4. The molecule has 0 N–H and O–H groups in total. The Balaban J connectivity index is 2.48. The summed E-state index contributed by atoms with van der Waals surface area (Å²) in [7, 11) is 1.52. The number of nitrogens with zero attached hydrogens (tertiary/aromatic N) is 2. The van der Waals surface area contributed by atoms with Crippen molar-refractivity contribution in [2.24, 2.45) is 0 Å². The van der Waals surface area contributed by atoms with Crippen LogP contribution in [0.25, 0.3) is 0 Å². The fourth-order valence-electron chi connectivity index (χ4n) is 0.717. The first-order valence-electron chi connectivity index (χ1n) is 3.89. The van der Waals surface area contributed by atoms with Gasteiger partial charge in [-0.05, 0) is 12.1 Å². The maximum Gasteiger partial charge on any atom is 0.358 e. The molecule has 0 fully saturated rings. The van der Waals surface area contributed by atoms with Crippen LogP contribution in [0.5, 0.6) is 0 Å². The van der Waals surface area contributed by atoms with E-state index in [1.165, 1.54) is 19.2 Å². The van der Waals surface area contributed by atoms with Crippen molar-refractivity contribution in [3.05, 3.63) is 23.0 Å². The average molecular weight is 217 g/mol. The van der Waals surface area contributed by atoms with Gasteiger partial charge < -0.3 is 9.47 Å². The van der Waals surface area contributed by atoms with E-state index >= 15 is 0 Å². The molecule has 0 saturated heterocycles. The molecule has 0 aliphatic carbocycles. The van der Waals surface area contributed by atoms with Crippen LogP contribution in [0, 0.1) is 0 Å². The van der Waals surface area contributed by atoms with Crippen LogP contribution in [0.3, 0.4) is 0 Å². The molecule has 0 aliphatic rings. The molecule has 5 nitrogen and oxygen atoms in total. The summed E-state index contributed by atoms with van der Waals surface area (Å²) >= 11 is 5.50. The minimum atomic E-state index is -0.536. The van der Waals surface area contributed by atoms with Crippen molar-refractivity contribution in [3.8, 4) is 0 Å². The molecule has 0 saturated carbocycles. The summed E-state index contributed by atoms with van der Waals surface area (Å²) in [6, 6.07) is 2.92. The summed E-state index contributed by atoms with van der Waals surface area (Å²) in [5.41, 5.74) is 0.130. The third-order valence-electron chi connectivity index (χ3n) is 1.36. The molecule has 0 unspecified atom stereocenters. The fraction of sp³-hybridized carbons (Fsp3) is 0.375. The van der Waals surface area contributed by atoms with E-state index in [0.717, 1.165) is 0 Å². The SMILES string of the molecule is COCCOC(=O)c1ccc(Cl)nn1. The van der Waals surface area contributed by atoms with Crippen molar-refractivity contribution in [1.82, 2.24) is 10.2 Å². The zero-order valence-electron chi connectivity index (χ0n) is 7.57. The molecule has 0 aliphatic heterocycles. The number of carbonyl (C=O) groups excluding carboxylic acids is 1. The number of hydrogen-bond acceptors (Lipinski definition) is 5. The Kier molecular flexibility index (Phi) is 4.28. The second kappa shape index (κ2) is 5.51. The highest BCUT2D eigenvalue weighted by molar-refractivity contribution is 6.29. The molecule has 1 rings (SSSR count). The van der Waals surface area contributed by atoms with Gasteiger partial charge in [-0.3, -0.25) is 0 Å². The molecule has 0 aromatic carbocycles. The summed E-state index contributed by atoms with van der Waals surface area (Å²) in [5.74, 6) is -0.536. The molecule has 76 valence electrons. The first-order chi connectivity index (χ1) is 6.74. The van der Waals surface area contributed by atoms with Gasteiger partial charge in [0.1, 0.15) is 6.61 Å². The third kappa shape index (κ3) is 3.27. The molecule has 0 bridgehead atoms. The van der Waals surface area contributed by atoms with Gasteiger partial charge in [-0.25, -0.2) is 4.79 Å². The molecular formula is C8H9ClN2O3. The molecule has 0 spiro atoms. The maximum atomic E-state index is 11.2. The highest BCUT2D eigenvalue weighted by Crippen LogP contribution is 2.03. The van der Waals surface area contributed by atoms with Gasteiger partial charge in [-0.15, -0.1) is 10.2 Å². The number of hydrogen-bond donors (Lipinski definition) is 0. The fourth-order valence-corrected chi connectivity index (χ4v) is 0.817. The zero-order chi connectivity index (χ0) is 10.4. The van der Waals surface area contributed by atoms with Crippen molar-refractivity contribution >= 4 is 17.6 Å². The summed E-state index contributed by atoms with van der Waals surface area (Å²) in [6.45, 7) is 0.548. The maximum absolute atomic E-state index is 11.2. The van der Waals surface area contributed by atoms with E-state index < -0.39 is 5.97 Å². The van der Waals surface area contributed by atoms with Crippen LogP contribution in [0.4, 0.5) is 0 Å². The Morgan fingerprint density at radius 2 is 2.21 bits per heavy atom. The molecule has 1 aromatic heterocycles. The van der Waals surface area contributed by atoms with Crippen LogP contribution in [0.1, 0.15) is 10.5 Å². The van der Waals surface area contributed by atoms with Gasteiger partial charge in [0.05, 0.1) is 6.61 Å². The third-order valence-corrected chi connectivity index (χ3v) is 1.56. The number of ether oxygens (including phenoxy) is 2. The summed E-state index contributed by atoms with van der Waals surface area (Å²) in [4.78, 5) is 11.2. The van der Waals surface area contributed by atoms with Gasteiger partial charge in [-0.2, -0.15) is 0 Å². The standard InChI is InChI=1S/C8H9ClN2O3/c1-13-4-5-14-8(12)6-2-3-7(9)11-10-6/h2-3H,4-5H2,1H3. The van der Waals surface area contributed by atoms with Gasteiger partial charge in [0.2, 0.25) is 0 Å². The molecule has 0 atom stereocenters. The van der Waals surface area contributed by atoms with Crippen molar-refractivity contribution < 1.29 is 14.3 Å². The van der Waals surface area contributed by atoms with Crippen molar-refractivity contribution in [3.63, 3.8) is 0 Å². The second-order valence-electron chi connectivity index (χ2n) is 2.37. The topological polar surface area (TPSA) is 61.3 Å². The number of aromatic nitrogens is 2. The van der Waals surface area contributed by atoms with Crippen LogP contribution in [0.15, 0.2) is 12.1 Å². The molecule has 1 heterocycles. The van der Waals surface area contributed by atoms with Crippen LogP contribution in [-0.2, 0) is 9.47 Å². The Labute approximate surface area is 86.0 Å². The van der Waals surface area contributed by atoms with Crippen molar-refractivity contribution in [1.29, 1.82) is 0 Å². The molecular weight excluding hydrogens is 208 g/mol. The van der Waals surface area contributed by atoms with Crippen molar-refractivity contribution in [2.45, 2.75) is 0 Å². The minimum Gasteiger partial charge on any atom is -0.458 e. The molecule has 0 radical (unpaired) electrons. The second-order valence-corrected chi connectivity index (χ2v) is 2.76. The minimum absolute atomic E-state index is 0.130. The lowest BCUT2D eigenvalue weighted by molar-refractivity contribution is 0.0380. The van der Waals surface area contributed by atoms with E-state index in [1.54, 1.807) is 0 Å². The summed E-state index contributed by atoms with van der Waals surface area (Å²) in [5, 5.41) is 7.31. The van der Waals surface area contributed by atoms with E-state index in [-0.39, 0.29) is 17.5 Å². The lowest BCUT2D eigenvalue weighted by Gasteiger charge is -2.02. The number of rotatable bonds is 4. The van der Waals surface area contributed by atoms with E-state index in [0.29, 0.717) is 6.61 Å². The first kappa shape index (κ1) is 10.9. The van der Waals surface area contributed by atoms with E-state index in [4.69, 9.17) is 21.1 Å². The van der Waals surface area contributed by atoms with Crippen LogP contribution >= 0.6 is 11.6 Å². The van der Waals surface area contributed by atoms with E-state index in [2.05, 4.69) is 10.2 Å². The lowest BCUT2D eigenvalue weighted by Crippen LogP contribution is -2.11. The largest absolute Gasteiger partial charge is 0.458 e. The van der Waals surface area contributed by atoms with Gasteiger partial charge in [0.15, 0.2) is 10.8 Å². The van der Waals surface area contributed by atoms with Gasteiger partial charge in [0.25, 0.3) is 0 Å². The molecule has 0 amide bonds. The van der Waals surface area contributed by atoms with E-state index in [1.807, 2.05) is 0 Å². The Morgan fingerprint density at radius 3 is 2.79 bits per heavy atom. The van der Waals surface area contributed by atoms with Crippen LogP contribution in [-0.4, -0.2) is 36.5 Å². The zero-order valence-corrected chi connectivity index (χ0v) is 8.32. The predicted molar refractivity (Wildman–Crippen MR) is 49.2 cm³/mol. The average Bonchev–Trinajstić information content (AvgIpc) is 2.19. The summed E-state index contributed by atoms with van der Waals surface area (Å²) < 4.78 is 9.51. The number of esters is 1. The van der Waals surface area contributed by atoms with Crippen LogP contribution in [0.2, 0.25) is 5.15 Å². The van der Waals surface area contributed by atoms with Crippen LogP contribution < -0.4 is 0 Å². The molecule has 1 aromatic rings. The molecule has 6 heteroatoms. The Bertz CT molecular complexity index is 302. The van der Waals surface area contributed by atoms with Gasteiger partial charge in [-0.1, -0.05) is 11.6 Å². The smallest absolute Gasteiger partial charge is 0.358 e. The number of carbonyl (C=O) groups is 1. The molecule has 14 heavy (non-hydrogen) atoms. The number of halogens is 1. The highest BCUT2D eigenvalue weighted by Gasteiger charge is 2.08. The number of methoxy groups -OCH3 is 1. The monoisotopic (exact) mass is 216 g/mol. The summed E-state index contributed by atoms with van der Waals surface area (Å²) in [6.07, 6.45) is 0. The first-order valence-corrected chi connectivity index (χ1v) is 4.27. The normalized spacial score (nSPS) is 9.86. The quantitative estimate of drug-likeness (QED) is 0.554. The van der Waals surface area contributed by atoms with Gasteiger partial charge in [0, 0.05) is 7.11 Å². The highest BCUT2D eigenvalue weighted by atomic mass is 35.5. The van der Waals surface area contributed by atoms with Gasteiger partial charge >= 0.3 is 5.97 Å². The van der Waals surface area contributed by atoms with E-state index in [9.17, 15) is 4.79 Å². The van der Waals surface area contributed by atoms with Crippen molar-refractivity contribution in [2.75, 3.05) is 20.3 Å². The Morgan fingerprint density at radius 1 is 1.43 bits per heavy atom. The predicted octanol–water partition coefficient (Wildman–Crippen LogP) is 0.933.